The number of hydrazine groups is 1. The van der Waals surface area contributed by atoms with Crippen molar-refractivity contribution in [2.45, 2.75) is 32.7 Å². The lowest BCUT2D eigenvalue weighted by Gasteiger charge is -2.20. The third-order valence-corrected chi connectivity index (χ3v) is 3.97. The van der Waals surface area contributed by atoms with Gasteiger partial charge in [0.25, 0.3) is 5.91 Å². The monoisotopic (exact) mass is 248 g/mol. The van der Waals surface area contributed by atoms with Gasteiger partial charge in [-0.25, -0.2) is 10.8 Å². The van der Waals surface area contributed by atoms with Gasteiger partial charge in [-0.05, 0) is 36.8 Å². The minimum Gasteiger partial charge on any atom is -0.349 e. The molecular formula is C13H20N4O. The van der Waals surface area contributed by atoms with Crippen LogP contribution in [0.2, 0.25) is 0 Å². The minimum absolute atomic E-state index is 0.109. The fourth-order valence-electron chi connectivity index (χ4n) is 2.52. The number of hydrogen-bond acceptors (Lipinski definition) is 4. The molecule has 0 aromatic carbocycles. The summed E-state index contributed by atoms with van der Waals surface area (Å²) in [5, 5.41) is 3.08. The second kappa shape index (κ2) is 5.35. The highest BCUT2D eigenvalue weighted by molar-refractivity contribution is 5.98. The third kappa shape index (κ3) is 2.46. The molecule has 1 aliphatic rings. The van der Waals surface area contributed by atoms with Crippen molar-refractivity contribution in [1.29, 1.82) is 0 Å². The van der Waals surface area contributed by atoms with Crippen molar-refractivity contribution >= 4 is 11.7 Å². The average Bonchev–Trinajstić information content (AvgIpc) is 2.70. The number of anilines is 1. The molecule has 98 valence electrons. The summed E-state index contributed by atoms with van der Waals surface area (Å²) in [5.74, 6) is 6.83. The van der Waals surface area contributed by atoms with Gasteiger partial charge in [0.05, 0.1) is 5.56 Å². The van der Waals surface area contributed by atoms with Crippen molar-refractivity contribution in [2.75, 3.05) is 5.43 Å². The van der Waals surface area contributed by atoms with E-state index in [0.717, 1.165) is 6.42 Å². The molecule has 2 rings (SSSR count). The quantitative estimate of drug-likeness (QED) is 0.560. The molecule has 18 heavy (non-hydrogen) atoms. The lowest BCUT2D eigenvalue weighted by atomic mass is 9.97. The highest BCUT2D eigenvalue weighted by Gasteiger charge is 2.31. The highest BCUT2D eigenvalue weighted by Crippen LogP contribution is 2.31. The molecule has 1 heterocycles. The van der Waals surface area contributed by atoms with E-state index in [1.54, 1.807) is 18.3 Å². The first kappa shape index (κ1) is 12.8. The molecule has 1 fully saturated rings. The summed E-state index contributed by atoms with van der Waals surface area (Å²) in [6, 6.07) is 3.70. The van der Waals surface area contributed by atoms with Crippen LogP contribution in [0.3, 0.4) is 0 Å². The number of nitrogens with zero attached hydrogens (tertiary/aromatic N) is 1. The van der Waals surface area contributed by atoms with Crippen LogP contribution in [0.15, 0.2) is 18.3 Å². The molecule has 1 aromatic rings. The van der Waals surface area contributed by atoms with Gasteiger partial charge in [-0.2, -0.15) is 0 Å². The standard InChI is InChI=1S/C13H20N4O/c1-8-5-6-11(9(8)2)16-13(18)10-4-3-7-15-12(10)17-14/h3-4,7-9,11H,5-6,14H2,1-2H3,(H,15,17)(H,16,18). The first-order chi connectivity index (χ1) is 8.63. The van der Waals surface area contributed by atoms with Gasteiger partial charge in [0, 0.05) is 12.2 Å². The van der Waals surface area contributed by atoms with Gasteiger partial charge in [-0.1, -0.05) is 13.8 Å². The van der Waals surface area contributed by atoms with Crippen LogP contribution < -0.4 is 16.6 Å². The van der Waals surface area contributed by atoms with E-state index < -0.39 is 0 Å². The van der Waals surface area contributed by atoms with E-state index in [-0.39, 0.29) is 11.9 Å². The first-order valence-corrected chi connectivity index (χ1v) is 6.36. The van der Waals surface area contributed by atoms with Gasteiger partial charge in [0.2, 0.25) is 0 Å². The maximum absolute atomic E-state index is 12.2. The zero-order valence-corrected chi connectivity index (χ0v) is 10.8. The lowest BCUT2D eigenvalue weighted by molar-refractivity contribution is 0.0928. The number of rotatable bonds is 3. The van der Waals surface area contributed by atoms with Crippen LogP contribution in [-0.2, 0) is 0 Å². The zero-order chi connectivity index (χ0) is 13.1. The number of nitrogen functional groups attached to an aromatic ring is 1. The Morgan fingerprint density at radius 3 is 2.83 bits per heavy atom. The molecule has 0 aliphatic heterocycles. The van der Waals surface area contributed by atoms with E-state index in [1.807, 2.05) is 0 Å². The summed E-state index contributed by atoms with van der Waals surface area (Å²) in [4.78, 5) is 16.2. The second-order valence-electron chi connectivity index (χ2n) is 5.04. The van der Waals surface area contributed by atoms with Crippen LogP contribution >= 0.6 is 0 Å². The van der Waals surface area contributed by atoms with Crippen molar-refractivity contribution in [3.05, 3.63) is 23.9 Å². The molecule has 0 spiro atoms. The van der Waals surface area contributed by atoms with E-state index >= 15 is 0 Å². The van der Waals surface area contributed by atoms with Crippen LogP contribution in [0.25, 0.3) is 0 Å². The van der Waals surface area contributed by atoms with Crippen LogP contribution in [0.1, 0.15) is 37.0 Å². The molecule has 0 bridgehead atoms. The molecule has 0 radical (unpaired) electrons. The number of carbonyl (C=O) groups is 1. The molecule has 1 aliphatic carbocycles. The Morgan fingerprint density at radius 2 is 2.22 bits per heavy atom. The average molecular weight is 248 g/mol. The van der Waals surface area contributed by atoms with Crippen molar-refractivity contribution in [3.63, 3.8) is 0 Å². The predicted molar refractivity (Wildman–Crippen MR) is 70.9 cm³/mol. The first-order valence-electron chi connectivity index (χ1n) is 6.36. The van der Waals surface area contributed by atoms with E-state index in [9.17, 15) is 4.79 Å². The SMILES string of the molecule is CC1CCC(NC(=O)c2cccnc2NN)C1C. The molecule has 1 saturated carbocycles. The van der Waals surface area contributed by atoms with Gasteiger partial charge in [-0.15, -0.1) is 0 Å². The van der Waals surface area contributed by atoms with Crippen LogP contribution in [0.4, 0.5) is 5.82 Å². The highest BCUT2D eigenvalue weighted by atomic mass is 16.1. The van der Waals surface area contributed by atoms with Gasteiger partial charge in [0.1, 0.15) is 0 Å². The number of carbonyl (C=O) groups excluding carboxylic acids is 1. The fourth-order valence-corrected chi connectivity index (χ4v) is 2.52. The predicted octanol–water partition coefficient (Wildman–Crippen LogP) is 1.53. The van der Waals surface area contributed by atoms with Crippen molar-refractivity contribution in [1.82, 2.24) is 10.3 Å². The second-order valence-corrected chi connectivity index (χ2v) is 5.04. The molecule has 5 heteroatoms. The molecule has 1 aromatic heterocycles. The maximum atomic E-state index is 12.2. The smallest absolute Gasteiger partial charge is 0.255 e. The van der Waals surface area contributed by atoms with Crippen LogP contribution in [0, 0.1) is 11.8 Å². The Labute approximate surface area is 107 Å². The Bertz CT molecular complexity index is 435. The Balaban J connectivity index is 2.08. The Kier molecular flexibility index (Phi) is 3.81. The molecule has 5 nitrogen and oxygen atoms in total. The van der Waals surface area contributed by atoms with E-state index in [0.29, 0.717) is 23.2 Å². The van der Waals surface area contributed by atoms with Gasteiger partial charge >= 0.3 is 0 Å². The molecule has 3 atom stereocenters. The molecule has 1 amide bonds. The van der Waals surface area contributed by atoms with Gasteiger partial charge < -0.3 is 10.7 Å². The van der Waals surface area contributed by atoms with Crippen LogP contribution in [-0.4, -0.2) is 16.9 Å². The third-order valence-electron chi connectivity index (χ3n) is 3.97. The molecule has 3 unspecified atom stereocenters. The summed E-state index contributed by atoms with van der Waals surface area (Å²) < 4.78 is 0. The lowest BCUT2D eigenvalue weighted by Crippen LogP contribution is -2.37. The van der Waals surface area contributed by atoms with E-state index in [4.69, 9.17) is 5.84 Å². The van der Waals surface area contributed by atoms with E-state index in [1.165, 1.54) is 6.42 Å². The van der Waals surface area contributed by atoms with Crippen molar-refractivity contribution < 1.29 is 4.79 Å². The fraction of sp³-hybridized carbons (Fsp3) is 0.538. The minimum atomic E-state index is -0.109. The number of amides is 1. The summed E-state index contributed by atoms with van der Waals surface area (Å²) in [6.45, 7) is 4.42. The Morgan fingerprint density at radius 1 is 1.44 bits per heavy atom. The molecule has 4 N–H and O–H groups in total. The summed E-state index contributed by atoms with van der Waals surface area (Å²) in [6.07, 6.45) is 3.81. The van der Waals surface area contributed by atoms with Crippen molar-refractivity contribution in [3.8, 4) is 0 Å². The summed E-state index contributed by atoms with van der Waals surface area (Å²) >= 11 is 0. The Hall–Kier alpha value is -1.62. The summed E-state index contributed by atoms with van der Waals surface area (Å²) in [7, 11) is 0. The molecular weight excluding hydrogens is 228 g/mol. The van der Waals surface area contributed by atoms with Gasteiger partial charge in [0.15, 0.2) is 5.82 Å². The van der Waals surface area contributed by atoms with Crippen LogP contribution in [0.5, 0.6) is 0 Å². The number of aromatic nitrogens is 1. The maximum Gasteiger partial charge on any atom is 0.255 e. The largest absolute Gasteiger partial charge is 0.349 e. The summed E-state index contributed by atoms with van der Waals surface area (Å²) in [5.41, 5.74) is 2.94. The normalized spacial score (nSPS) is 26.9. The number of nitrogens with one attached hydrogen (secondary N) is 2. The van der Waals surface area contributed by atoms with E-state index in [2.05, 4.69) is 29.6 Å². The molecule has 0 saturated heterocycles. The number of nitrogens with two attached hydrogens (primary N) is 1. The number of hydrogen-bond donors (Lipinski definition) is 3. The van der Waals surface area contributed by atoms with Crippen molar-refractivity contribution in [2.24, 2.45) is 17.7 Å². The zero-order valence-electron chi connectivity index (χ0n) is 10.8. The topological polar surface area (TPSA) is 80.0 Å². The number of pyridine rings is 1. The van der Waals surface area contributed by atoms with Gasteiger partial charge in [-0.3, -0.25) is 4.79 Å².